The summed E-state index contributed by atoms with van der Waals surface area (Å²) >= 11 is 0. The fourth-order valence-electron chi connectivity index (χ4n) is 10.9. The average Bonchev–Trinajstić information content (AvgIpc) is 1.79. The number of nitrogens with zero attached hydrogens (tertiary/aromatic N) is 6. The third-order valence-corrected chi connectivity index (χ3v) is 15.9. The first-order valence-electron chi connectivity index (χ1n) is 29.1. The molecule has 0 spiro atoms. The van der Waals surface area contributed by atoms with Crippen LogP contribution in [0.15, 0.2) is 18.2 Å². The molecule has 5 aliphatic heterocycles. The number of aryl methyl sites for hydroxylation is 1. The lowest BCUT2D eigenvalue weighted by atomic mass is 9.97. The average molecular weight is 1230 g/mol. The number of esters is 1. The summed E-state index contributed by atoms with van der Waals surface area (Å²) in [6, 6.07) is -1.93. The van der Waals surface area contributed by atoms with Crippen LogP contribution in [-0.4, -0.2) is 281 Å². The smallest absolute Gasteiger partial charge is 0.317 e. The van der Waals surface area contributed by atoms with Crippen molar-refractivity contribution in [1.82, 2.24) is 56.4 Å². The molecule has 3 fully saturated rings. The van der Waals surface area contributed by atoms with Gasteiger partial charge in [0, 0.05) is 91.3 Å². The van der Waals surface area contributed by atoms with Gasteiger partial charge in [-0.1, -0.05) is 38.5 Å². The second-order valence-electron chi connectivity index (χ2n) is 22.2. The molecule has 87 heavy (non-hydrogen) atoms. The first kappa shape index (κ1) is 68.2. The van der Waals surface area contributed by atoms with Crippen molar-refractivity contribution in [2.45, 2.75) is 114 Å². The molecule has 8 atom stereocenters. The largest absolute Gasteiger partial charge is 0.481 e. The number of carbonyl (C=O) groups excluding carboxylic acids is 9. The Balaban J connectivity index is 0.960. The number of ether oxygens (including phenoxy) is 2. The summed E-state index contributed by atoms with van der Waals surface area (Å²) in [5, 5.41) is 63.3. The van der Waals surface area contributed by atoms with E-state index < -0.39 is 152 Å². The molecule has 32 nitrogen and oxygen atoms in total. The first-order valence-corrected chi connectivity index (χ1v) is 29.1. The van der Waals surface area contributed by atoms with Gasteiger partial charge in [-0.2, -0.15) is 0 Å². The molecule has 1 aromatic rings. The number of cyclic esters (lactones) is 1. The summed E-state index contributed by atoms with van der Waals surface area (Å²) in [5.41, 5.74) is 2.04. The number of anilines is 1. The van der Waals surface area contributed by atoms with Gasteiger partial charge in [0.1, 0.15) is 42.9 Å². The van der Waals surface area contributed by atoms with Crippen LogP contribution in [0.4, 0.5) is 5.69 Å². The summed E-state index contributed by atoms with van der Waals surface area (Å²) in [7, 11) is 0. The SMILES string of the molecule is CC[C@H](C)[C@H](NC(=O)COCCNC(=O)[C@@H](CCC(=O)O)NC(=O)[C@@H](CCC(=O)O)NC(=O)CN1CCN(C(=O)CN2CCN(CC(=O)O)CCN(CC(=O)O)CC2)CC1)C(=O)N[C@H]1CCc2cccc3c2N(C1=O)[C@H](C(=O)NC1CC(=O)OC1O)C3. The highest BCUT2D eigenvalue weighted by Crippen LogP contribution is 2.39. The van der Waals surface area contributed by atoms with Crippen LogP contribution in [0.1, 0.15) is 69.9 Å². The highest BCUT2D eigenvalue weighted by molar-refractivity contribution is 6.08. The van der Waals surface area contributed by atoms with Crippen LogP contribution < -0.4 is 36.8 Å². The predicted octanol–water partition coefficient (Wildman–Crippen LogP) is -5.28. The molecular weight excluding hydrogens is 1150 g/mol. The van der Waals surface area contributed by atoms with Crippen molar-refractivity contribution in [2.24, 2.45) is 5.92 Å². The Labute approximate surface area is 500 Å². The monoisotopic (exact) mass is 1230 g/mol. The van der Waals surface area contributed by atoms with Crippen molar-refractivity contribution in [3.8, 4) is 0 Å². The Morgan fingerprint density at radius 1 is 0.655 bits per heavy atom. The van der Waals surface area contributed by atoms with Crippen molar-refractivity contribution in [2.75, 3.05) is 116 Å². The van der Waals surface area contributed by atoms with Gasteiger partial charge >= 0.3 is 29.8 Å². The molecular formula is C55H80N12O20. The topological polar surface area (TPSA) is 433 Å². The van der Waals surface area contributed by atoms with Crippen LogP contribution in [0.25, 0.3) is 0 Å². The lowest BCUT2D eigenvalue weighted by Crippen LogP contribution is -2.59. The Kier molecular flexibility index (Phi) is 25.7. The number of carbonyl (C=O) groups is 13. The number of nitrogens with one attached hydrogen (secondary N) is 6. The number of carboxylic acid groups (broad SMARTS) is 4. The minimum absolute atomic E-state index is 0.0125. The zero-order chi connectivity index (χ0) is 63.5. The number of hydrogen-bond acceptors (Lipinski definition) is 20. The number of aliphatic hydroxyl groups is 1. The summed E-state index contributed by atoms with van der Waals surface area (Å²) in [6.07, 6.45) is -2.72. The Bertz CT molecular complexity index is 2680. The van der Waals surface area contributed by atoms with Gasteiger partial charge in [0.05, 0.1) is 44.9 Å². The van der Waals surface area contributed by atoms with E-state index in [9.17, 15) is 87.9 Å². The molecule has 11 N–H and O–H groups in total. The lowest BCUT2D eigenvalue weighted by Gasteiger charge is -2.36. The van der Waals surface area contributed by atoms with Gasteiger partial charge in [0.15, 0.2) is 0 Å². The molecule has 480 valence electrons. The first-order chi connectivity index (χ1) is 41.4. The normalized spacial score (nSPS) is 21.6. The molecule has 6 rings (SSSR count). The molecule has 0 bridgehead atoms. The van der Waals surface area contributed by atoms with Gasteiger partial charge in [0.25, 0.3) is 0 Å². The van der Waals surface area contributed by atoms with E-state index in [0.29, 0.717) is 57.8 Å². The van der Waals surface area contributed by atoms with Gasteiger partial charge in [-0.05, 0) is 42.7 Å². The van der Waals surface area contributed by atoms with Crippen LogP contribution in [-0.2, 0) is 84.6 Å². The van der Waals surface area contributed by atoms with Crippen molar-refractivity contribution >= 4 is 82.8 Å². The Hall–Kier alpha value is -7.91. The van der Waals surface area contributed by atoms with Crippen LogP contribution in [0.3, 0.4) is 0 Å². The van der Waals surface area contributed by atoms with Crippen molar-refractivity contribution in [1.29, 1.82) is 0 Å². The van der Waals surface area contributed by atoms with E-state index in [-0.39, 0.29) is 90.7 Å². The maximum Gasteiger partial charge on any atom is 0.317 e. The summed E-state index contributed by atoms with van der Waals surface area (Å²) in [5.74, 6) is -11.2. The molecule has 0 radical (unpaired) electrons. The van der Waals surface area contributed by atoms with Gasteiger partial charge in [-0.25, -0.2) is 0 Å². The molecule has 3 saturated heterocycles. The third kappa shape index (κ3) is 20.6. The second-order valence-corrected chi connectivity index (χ2v) is 22.2. The zero-order valence-corrected chi connectivity index (χ0v) is 48.8. The molecule has 5 aliphatic rings. The molecule has 32 heteroatoms. The number of hydrogen-bond donors (Lipinski definition) is 11. The van der Waals surface area contributed by atoms with Crippen LogP contribution in [0.5, 0.6) is 0 Å². The third-order valence-electron chi connectivity index (χ3n) is 15.9. The Morgan fingerprint density at radius 2 is 1.22 bits per heavy atom. The second kappa shape index (κ2) is 32.7. The number of amides is 8. The summed E-state index contributed by atoms with van der Waals surface area (Å²) in [4.78, 5) is 177. The number of carboxylic acids is 4. The van der Waals surface area contributed by atoms with Crippen LogP contribution >= 0.6 is 0 Å². The van der Waals surface area contributed by atoms with Crippen LogP contribution in [0.2, 0.25) is 0 Å². The van der Waals surface area contributed by atoms with Gasteiger partial charge in [-0.15, -0.1) is 0 Å². The lowest BCUT2D eigenvalue weighted by molar-refractivity contribution is -0.155. The minimum Gasteiger partial charge on any atom is -0.481 e. The van der Waals surface area contributed by atoms with Crippen LogP contribution in [0, 0.1) is 5.92 Å². The number of aliphatic carboxylic acids is 4. The van der Waals surface area contributed by atoms with Gasteiger partial charge < -0.3 is 71.8 Å². The molecule has 2 unspecified atom stereocenters. The zero-order valence-electron chi connectivity index (χ0n) is 48.8. The number of aliphatic hydroxyl groups excluding tert-OH is 1. The fraction of sp³-hybridized carbons (Fsp3) is 0.655. The van der Waals surface area contributed by atoms with E-state index in [1.54, 1.807) is 45.6 Å². The highest BCUT2D eigenvalue weighted by Gasteiger charge is 2.46. The number of benzene rings is 1. The van der Waals surface area contributed by atoms with E-state index in [4.69, 9.17) is 9.47 Å². The van der Waals surface area contributed by atoms with E-state index >= 15 is 0 Å². The van der Waals surface area contributed by atoms with Crippen molar-refractivity contribution in [3.63, 3.8) is 0 Å². The Morgan fingerprint density at radius 3 is 1.78 bits per heavy atom. The van der Waals surface area contributed by atoms with Crippen molar-refractivity contribution < 1.29 is 97.3 Å². The number of para-hydroxylation sites is 1. The summed E-state index contributed by atoms with van der Waals surface area (Å²) < 4.78 is 10.2. The molecule has 1 aromatic carbocycles. The van der Waals surface area contributed by atoms with E-state index in [0.717, 1.165) is 11.1 Å². The highest BCUT2D eigenvalue weighted by atomic mass is 16.6. The maximum atomic E-state index is 14.3. The molecule has 8 amide bonds. The van der Waals surface area contributed by atoms with Gasteiger partial charge in [-0.3, -0.25) is 86.8 Å². The predicted molar refractivity (Wildman–Crippen MR) is 301 cm³/mol. The van der Waals surface area contributed by atoms with Gasteiger partial charge in [0.2, 0.25) is 53.5 Å². The van der Waals surface area contributed by atoms with E-state index in [1.165, 1.54) is 4.90 Å². The number of piperazine rings is 1. The molecule has 5 heterocycles. The standard InChI is InChI=1S/C55H80N12O20/c1-3-32(2)48(53(83)59-37-8-7-33-5-4-6-34-25-39(67(49(33)34)54(37)84)52(82)60-38-26-47(79)87-55(38)85)61-41(69)31-86-24-13-56-50(80)35(9-11-43(71)72)58-51(81)36(10-12-44(73)74)57-40(68)27-62-20-22-66(23-21-62)42(70)28-63-14-16-64(29-45(75)76)18-19-65(17-15-63)30-46(77)78/h4-6,32,35-39,48,55,85H,3,7-31H2,1-2H3,(H,56,80)(H,57,68)(H,58,81)(H,59,83)(H,60,82)(H,61,69)(H,71,72)(H,73,74)(H,75,76)(H,77,78)/t32-,35+,36+,37-,38?,39-,48-,55?/m0/s1. The molecule has 0 aliphatic carbocycles. The molecule has 0 aromatic heterocycles. The van der Waals surface area contributed by atoms with Crippen molar-refractivity contribution in [3.05, 3.63) is 29.3 Å². The number of rotatable bonds is 30. The minimum atomic E-state index is -1.56. The maximum absolute atomic E-state index is 14.3. The fourth-order valence-corrected chi connectivity index (χ4v) is 10.9. The molecule has 0 saturated carbocycles. The quantitative estimate of drug-likeness (QED) is 0.0253. The van der Waals surface area contributed by atoms with E-state index in [2.05, 4.69) is 31.9 Å². The van der Waals surface area contributed by atoms with E-state index in [1.807, 2.05) is 11.0 Å². The summed E-state index contributed by atoms with van der Waals surface area (Å²) in [6.45, 7) is 4.65.